The van der Waals surface area contributed by atoms with Gasteiger partial charge in [-0.3, -0.25) is 0 Å². The second kappa shape index (κ2) is 9.12. The Morgan fingerprint density at radius 3 is 1.89 bits per heavy atom. The third kappa shape index (κ3) is 3.90. The molecule has 3 heteroatoms. The van der Waals surface area contributed by atoms with Gasteiger partial charge in [0.05, 0.1) is 15.9 Å². The van der Waals surface area contributed by atoms with Crippen LogP contribution in [0.3, 0.4) is 0 Å². The van der Waals surface area contributed by atoms with Gasteiger partial charge in [0.2, 0.25) is 0 Å². The van der Waals surface area contributed by atoms with E-state index in [1.54, 1.807) is 11.3 Å². The summed E-state index contributed by atoms with van der Waals surface area (Å²) in [6.45, 7) is 0. The first kappa shape index (κ1) is 21.7. The van der Waals surface area contributed by atoms with Crippen LogP contribution in [0.5, 0.6) is 0 Å². The van der Waals surface area contributed by atoms with Gasteiger partial charge in [-0.15, -0.1) is 11.3 Å². The van der Waals surface area contributed by atoms with Gasteiger partial charge in [0, 0.05) is 21.2 Å². The molecular weight excluding hydrogens is 468 g/mol. The molecule has 0 atom stereocenters. The van der Waals surface area contributed by atoms with Crippen molar-refractivity contribution in [1.29, 1.82) is 0 Å². The molecule has 0 spiro atoms. The molecule has 0 saturated carbocycles. The van der Waals surface area contributed by atoms with E-state index >= 15 is 0 Å². The summed E-state index contributed by atoms with van der Waals surface area (Å²) in [7, 11) is 0. The zero-order chi connectivity index (χ0) is 24.6. The fourth-order valence-electron chi connectivity index (χ4n) is 4.93. The quantitative estimate of drug-likeness (QED) is 0.245. The van der Waals surface area contributed by atoms with Crippen molar-refractivity contribution in [2.24, 2.45) is 0 Å². The van der Waals surface area contributed by atoms with Gasteiger partial charge < -0.3 is 0 Å². The van der Waals surface area contributed by atoms with Gasteiger partial charge in [-0.25, -0.2) is 9.97 Å². The molecule has 37 heavy (non-hydrogen) atoms. The van der Waals surface area contributed by atoms with E-state index in [1.807, 2.05) is 6.07 Å². The number of benzene rings is 5. The van der Waals surface area contributed by atoms with Gasteiger partial charge in [-0.2, -0.15) is 0 Å². The Morgan fingerprint density at radius 2 is 1.08 bits per heavy atom. The minimum atomic E-state index is 0.742. The molecule has 5 aromatic carbocycles. The monoisotopic (exact) mass is 490 g/mol. The van der Waals surface area contributed by atoms with Crippen molar-refractivity contribution < 1.29 is 0 Å². The lowest BCUT2D eigenvalue weighted by molar-refractivity contribution is 1.24. The van der Waals surface area contributed by atoms with Gasteiger partial charge in [0.1, 0.15) is 0 Å². The third-order valence-corrected chi connectivity index (χ3v) is 7.88. The van der Waals surface area contributed by atoms with E-state index < -0.39 is 0 Å². The number of rotatable bonds is 4. The molecule has 2 heterocycles. The van der Waals surface area contributed by atoms with E-state index in [4.69, 9.17) is 9.97 Å². The summed E-state index contributed by atoms with van der Waals surface area (Å²) < 4.78 is 2.34. The molecule has 0 radical (unpaired) electrons. The highest BCUT2D eigenvalue weighted by Gasteiger charge is 2.19. The van der Waals surface area contributed by atoms with Gasteiger partial charge in [0.15, 0.2) is 5.82 Å². The van der Waals surface area contributed by atoms with Crippen molar-refractivity contribution >= 4 is 31.6 Å². The van der Waals surface area contributed by atoms with E-state index in [0.717, 1.165) is 38.4 Å². The Morgan fingerprint density at radius 1 is 0.459 bits per heavy atom. The second-order valence-corrected chi connectivity index (χ2v) is 10.1. The molecule has 7 aromatic rings. The number of thiophene rings is 1. The first-order valence-corrected chi connectivity index (χ1v) is 13.2. The maximum Gasteiger partial charge on any atom is 0.160 e. The summed E-state index contributed by atoms with van der Waals surface area (Å²) >= 11 is 1.77. The Balaban J connectivity index is 1.51. The minimum Gasteiger partial charge on any atom is -0.226 e. The molecular formula is C34H22N2S. The predicted molar refractivity (Wildman–Crippen MR) is 157 cm³/mol. The van der Waals surface area contributed by atoms with Crippen molar-refractivity contribution in [3.8, 4) is 44.9 Å². The van der Waals surface area contributed by atoms with Gasteiger partial charge in [0.25, 0.3) is 0 Å². The summed E-state index contributed by atoms with van der Waals surface area (Å²) in [6.07, 6.45) is 0. The number of hydrogen-bond donors (Lipinski definition) is 0. The molecule has 7 rings (SSSR count). The summed E-state index contributed by atoms with van der Waals surface area (Å²) in [5.74, 6) is 0.742. The van der Waals surface area contributed by atoms with Crippen LogP contribution in [0, 0.1) is 0 Å². The minimum absolute atomic E-state index is 0.742. The average Bonchev–Trinajstić information content (AvgIpc) is 3.36. The summed E-state index contributed by atoms with van der Waals surface area (Å²) in [4.78, 5) is 10.4. The lowest BCUT2D eigenvalue weighted by Gasteiger charge is -2.12. The summed E-state index contributed by atoms with van der Waals surface area (Å²) in [5.41, 5.74) is 8.80. The zero-order valence-electron chi connectivity index (χ0n) is 20.0. The molecule has 2 aromatic heterocycles. The molecule has 0 aliphatic carbocycles. The van der Waals surface area contributed by atoms with E-state index in [9.17, 15) is 0 Å². The molecule has 0 aliphatic rings. The van der Waals surface area contributed by atoms with Crippen LogP contribution in [0.4, 0.5) is 0 Å². The second-order valence-electron chi connectivity index (χ2n) is 9.03. The molecule has 0 aliphatic heterocycles. The maximum absolute atomic E-state index is 5.26. The van der Waals surface area contributed by atoms with Gasteiger partial charge in [-0.05, 0) is 34.4 Å². The number of fused-ring (bicyclic) bond motifs is 3. The number of aromatic nitrogens is 2. The van der Waals surface area contributed by atoms with Crippen molar-refractivity contribution in [3.05, 3.63) is 133 Å². The Kier molecular flexibility index (Phi) is 5.34. The van der Waals surface area contributed by atoms with Crippen LogP contribution in [0.1, 0.15) is 0 Å². The van der Waals surface area contributed by atoms with Crippen LogP contribution in [0.25, 0.3) is 65.2 Å². The van der Waals surface area contributed by atoms with Crippen LogP contribution >= 0.6 is 11.3 Å². The lowest BCUT2D eigenvalue weighted by atomic mass is 9.97. The first-order chi connectivity index (χ1) is 18.3. The third-order valence-electron chi connectivity index (χ3n) is 6.71. The van der Waals surface area contributed by atoms with E-state index in [2.05, 4.69) is 127 Å². The van der Waals surface area contributed by atoms with Crippen LogP contribution in [0.15, 0.2) is 133 Å². The number of nitrogens with zero attached hydrogens (tertiary/aromatic N) is 2. The van der Waals surface area contributed by atoms with Crippen molar-refractivity contribution in [1.82, 2.24) is 9.97 Å². The molecule has 0 amide bonds. The molecule has 2 nitrogen and oxygen atoms in total. The van der Waals surface area contributed by atoms with Gasteiger partial charge >= 0.3 is 0 Å². The standard InChI is InChI=1S/C34H22N2S/c1-3-12-23(13-4-1)25-16-11-17-26(22-25)34-35-31(33-32(36-34)29-20-9-10-21-30(29)37-33)28-19-8-7-18-27(28)24-14-5-2-6-15-24/h1-22H. The maximum atomic E-state index is 5.26. The van der Waals surface area contributed by atoms with E-state index in [0.29, 0.717) is 0 Å². The SMILES string of the molecule is c1ccc(-c2cccc(-c3nc(-c4ccccc4-c4ccccc4)c4sc5ccccc5c4n3)c2)cc1. The van der Waals surface area contributed by atoms with Crippen LogP contribution in [-0.2, 0) is 0 Å². The van der Waals surface area contributed by atoms with Crippen molar-refractivity contribution in [2.45, 2.75) is 0 Å². The smallest absolute Gasteiger partial charge is 0.160 e. The highest BCUT2D eigenvalue weighted by molar-refractivity contribution is 7.26. The molecule has 0 unspecified atom stereocenters. The average molecular weight is 491 g/mol. The highest BCUT2D eigenvalue weighted by Crippen LogP contribution is 2.42. The summed E-state index contributed by atoms with van der Waals surface area (Å²) in [6, 6.07) is 46.6. The normalized spacial score (nSPS) is 11.2. The fraction of sp³-hybridized carbons (Fsp3) is 0. The fourth-order valence-corrected chi connectivity index (χ4v) is 6.08. The first-order valence-electron chi connectivity index (χ1n) is 12.4. The molecule has 0 N–H and O–H groups in total. The van der Waals surface area contributed by atoms with Crippen LogP contribution in [0.2, 0.25) is 0 Å². The summed E-state index contributed by atoms with van der Waals surface area (Å²) in [5, 5.41) is 1.17. The largest absolute Gasteiger partial charge is 0.226 e. The predicted octanol–water partition coefficient (Wildman–Crippen LogP) is 9.51. The van der Waals surface area contributed by atoms with Crippen molar-refractivity contribution in [2.75, 3.05) is 0 Å². The van der Waals surface area contributed by atoms with Crippen LogP contribution in [-0.4, -0.2) is 9.97 Å². The highest BCUT2D eigenvalue weighted by atomic mass is 32.1. The Bertz CT molecular complexity index is 1870. The molecule has 0 fully saturated rings. The Labute approximate surface area is 219 Å². The van der Waals surface area contributed by atoms with Gasteiger partial charge in [-0.1, -0.05) is 121 Å². The lowest BCUT2D eigenvalue weighted by Crippen LogP contribution is -1.95. The number of hydrogen-bond acceptors (Lipinski definition) is 3. The van der Waals surface area contributed by atoms with E-state index in [-0.39, 0.29) is 0 Å². The molecule has 174 valence electrons. The zero-order valence-corrected chi connectivity index (χ0v) is 20.8. The van der Waals surface area contributed by atoms with Crippen LogP contribution < -0.4 is 0 Å². The molecule has 0 saturated heterocycles. The van der Waals surface area contributed by atoms with Crippen molar-refractivity contribution in [3.63, 3.8) is 0 Å². The molecule has 0 bridgehead atoms. The Hall–Kier alpha value is -4.60. The topological polar surface area (TPSA) is 25.8 Å². The van der Waals surface area contributed by atoms with E-state index in [1.165, 1.54) is 26.8 Å².